The third-order valence-corrected chi connectivity index (χ3v) is 3.83. The molecule has 2 nitrogen and oxygen atoms in total. The van der Waals surface area contributed by atoms with E-state index in [1.807, 2.05) is 42.5 Å². The maximum absolute atomic E-state index is 6.37. The van der Waals surface area contributed by atoms with Gasteiger partial charge in [0.05, 0.1) is 13.2 Å². The van der Waals surface area contributed by atoms with Crippen molar-refractivity contribution < 1.29 is 4.74 Å². The summed E-state index contributed by atoms with van der Waals surface area (Å²) in [7, 11) is 1.67. The van der Waals surface area contributed by atoms with Gasteiger partial charge in [0.2, 0.25) is 0 Å². The number of ether oxygens (including phenoxy) is 1. The highest BCUT2D eigenvalue weighted by Crippen LogP contribution is 2.26. The lowest BCUT2D eigenvalue weighted by Gasteiger charge is -2.14. The second-order valence-corrected chi connectivity index (χ2v) is 5.24. The quantitative estimate of drug-likeness (QED) is 0.772. The lowest BCUT2D eigenvalue weighted by atomic mass is 9.97. The fraction of sp³-hybridized carbons (Fsp3) is 0.100. The van der Waals surface area contributed by atoms with Crippen LogP contribution in [0.2, 0.25) is 0 Å². The molecule has 0 spiro atoms. The van der Waals surface area contributed by atoms with Gasteiger partial charge in [0.1, 0.15) is 5.75 Å². The first kappa shape index (κ1) is 14.4. The van der Waals surface area contributed by atoms with Gasteiger partial charge >= 0.3 is 0 Å². The van der Waals surface area contributed by atoms with Gasteiger partial charge in [0.25, 0.3) is 0 Å². The molecule has 22 heavy (non-hydrogen) atoms. The molecule has 1 atom stereocenters. The first-order valence-corrected chi connectivity index (χ1v) is 7.33. The van der Waals surface area contributed by atoms with E-state index in [-0.39, 0.29) is 6.04 Å². The number of methoxy groups -OCH3 is 1. The molecule has 0 amide bonds. The molecule has 0 radical (unpaired) electrons. The molecule has 0 saturated carbocycles. The van der Waals surface area contributed by atoms with Crippen LogP contribution >= 0.6 is 0 Å². The molecule has 0 aliphatic heterocycles. The number of benzene rings is 3. The Balaban J connectivity index is 1.86. The summed E-state index contributed by atoms with van der Waals surface area (Å²) in [6.07, 6.45) is 0. The molecule has 0 aliphatic carbocycles. The first-order chi connectivity index (χ1) is 10.8. The Bertz CT molecular complexity index is 735. The zero-order chi connectivity index (χ0) is 15.4. The largest absolute Gasteiger partial charge is 0.497 e. The molecule has 2 heteroatoms. The van der Waals surface area contributed by atoms with Crippen LogP contribution in [0.4, 0.5) is 0 Å². The Morgan fingerprint density at radius 3 is 2.09 bits per heavy atom. The van der Waals surface area contributed by atoms with Crippen molar-refractivity contribution in [1.29, 1.82) is 0 Å². The predicted molar refractivity (Wildman–Crippen MR) is 90.9 cm³/mol. The van der Waals surface area contributed by atoms with Crippen molar-refractivity contribution >= 4 is 0 Å². The highest BCUT2D eigenvalue weighted by molar-refractivity contribution is 5.63. The second kappa shape index (κ2) is 6.46. The monoisotopic (exact) mass is 289 g/mol. The Morgan fingerprint density at radius 1 is 0.727 bits per heavy atom. The topological polar surface area (TPSA) is 35.2 Å². The first-order valence-electron chi connectivity index (χ1n) is 7.33. The molecule has 3 rings (SSSR count). The fourth-order valence-corrected chi connectivity index (χ4v) is 2.54. The molecule has 0 aliphatic rings. The average molecular weight is 289 g/mol. The molecule has 2 N–H and O–H groups in total. The molecular weight excluding hydrogens is 270 g/mol. The molecule has 110 valence electrons. The van der Waals surface area contributed by atoms with E-state index in [4.69, 9.17) is 10.5 Å². The number of hydrogen-bond donors (Lipinski definition) is 1. The highest BCUT2D eigenvalue weighted by Gasteiger charge is 2.10. The minimum absolute atomic E-state index is 0.153. The van der Waals surface area contributed by atoms with E-state index < -0.39 is 0 Å². The van der Waals surface area contributed by atoms with Crippen LogP contribution in [-0.2, 0) is 0 Å². The lowest BCUT2D eigenvalue weighted by molar-refractivity contribution is 0.414. The minimum Gasteiger partial charge on any atom is -0.497 e. The van der Waals surface area contributed by atoms with Crippen LogP contribution in [-0.4, -0.2) is 7.11 Å². The van der Waals surface area contributed by atoms with Gasteiger partial charge < -0.3 is 10.5 Å². The molecule has 0 aromatic heterocycles. The SMILES string of the molecule is COc1cccc(C(N)c2ccc(-c3ccccc3)cc2)c1. The predicted octanol–water partition coefficient (Wildman–Crippen LogP) is 4.41. The van der Waals surface area contributed by atoms with Gasteiger partial charge in [-0.05, 0) is 34.4 Å². The zero-order valence-electron chi connectivity index (χ0n) is 12.6. The summed E-state index contributed by atoms with van der Waals surface area (Å²) in [4.78, 5) is 0. The Hall–Kier alpha value is -2.58. The molecule has 3 aromatic carbocycles. The normalized spacial score (nSPS) is 11.9. The van der Waals surface area contributed by atoms with Gasteiger partial charge in [-0.25, -0.2) is 0 Å². The van der Waals surface area contributed by atoms with Crippen LogP contribution in [0, 0.1) is 0 Å². The standard InChI is InChI=1S/C20H19NO/c1-22-19-9-5-8-18(14-19)20(21)17-12-10-16(11-13-17)15-6-3-2-4-7-15/h2-14,20H,21H2,1H3. The van der Waals surface area contributed by atoms with Crippen LogP contribution in [0.3, 0.4) is 0 Å². The van der Waals surface area contributed by atoms with Crippen molar-refractivity contribution in [1.82, 2.24) is 0 Å². The van der Waals surface area contributed by atoms with Crippen LogP contribution in [0.25, 0.3) is 11.1 Å². The molecule has 1 unspecified atom stereocenters. The smallest absolute Gasteiger partial charge is 0.119 e. The summed E-state index contributed by atoms with van der Waals surface area (Å²) in [5, 5.41) is 0. The summed E-state index contributed by atoms with van der Waals surface area (Å²) < 4.78 is 5.26. The van der Waals surface area contributed by atoms with E-state index in [1.54, 1.807) is 7.11 Å². The summed E-state index contributed by atoms with van der Waals surface area (Å²) in [5.41, 5.74) is 10.9. The van der Waals surface area contributed by atoms with Crippen LogP contribution < -0.4 is 10.5 Å². The molecule has 0 bridgehead atoms. The second-order valence-electron chi connectivity index (χ2n) is 5.24. The van der Waals surface area contributed by atoms with E-state index in [1.165, 1.54) is 11.1 Å². The highest BCUT2D eigenvalue weighted by atomic mass is 16.5. The summed E-state index contributed by atoms with van der Waals surface area (Å²) >= 11 is 0. The van der Waals surface area contributed by atoms with Gasteiger partial charge in [0.15, 0.2) is 0 Å². The lowest BCUT2D eigenvalue weighted by Crippen LogP contribution is -2.11. The third-order valence-electron chi connectivity index (χ3n) is 3.83. The van der Waals surface area contributed by atoms with Crippen LogP contribution in [0.5, 0.6) is 5.75 Å². The molecular formula is C20H19NO. The molecule has 3 aromatic rings. The van der Waals surface area contributed by atoms with Gasteiger partial charge in [-0.2, -0.15) is 0 Å². The summed E-state index contributed by atoms with van der Waals surface area (Å²) in [5.74, 6) is 0.828. The number of hydrogen-bond acceptors (Lipinski definition) is 2. The van der Waals surface area contributed by atoms with Crippen molar-refractivity contribution in [2.75, 3.05) is 7.11 Å². The maximum Gasteiger partial charge on any atom is 0.119 e. The zero-order valence-corrected chi connectivity index (χ0v) is 12.6. The van der Waals surface area contributed by atoms with Crippen molar-refractivity contribution in [3.8, 4) is 16.9 Å². The Kier molecular flexibility index (Phi) is 4.22. The molecule has 0 heterocycles. The van der Waals surface area contributed by atoms with Gasteiger partial charge in [0, 0.05) is 0 Å². The van der Waals surface area contributed by atoms with E-state index in [9.17, 15) is 0 Å². The van der Waals surface area contributed by atoms with E-state index >= 15 is 0 Å². The molecule has 0 fully saturated rings. The maximum atomic E-state index is 6.37. The minimum atomic E-state index is -0.153. The summed E-state index contributed by atoms with van der Waals surface area (Å²) in [6.45, 7) is 0. The van der Waals surface area contributed by atoms with Crippen molar-refractivity contribution in [3.05, 3.63) is 90.0 Å². The van der Waals surface area contributed by atoms with E-state index in [0.29, 0.717) is 0 Å². The van der Waals surface area contributed by atoms with Crippen molar-refractivity contribution in [3.63, 3.8) is 0 Å². The number of rotatable bonds is 4. The Morgan fingerprint density at radius 2 is 1.41 bits per heavy atom. The molecule has 0 saturated heterocycles. The van der Waals surface area contributed by atoms with E-state index in [2.05, 4.69) is 36.4 Å². The fourth-order valence-electron chi connectivity index (χ4n) is 2.54. The van der Waals surface area contributed by atoms with Crippen molar-refractivity contribution in [2.24, 2.45) is 5.73 Å². The number of nitrogens with two attached hydrogens (primary N) is 1. The van der Waals surface area contributed by atoms with Gasteiger partial charge in [-0.15, -0.1) is 0 Å². The van der Waals surface area contributed by atoms with Crippen molar-refractivity contribution in [2.45, 2.75) is 6.04 Å². The summed E-state index contributed by atoms with van der Waals surface area (Å²) in [6, 6.07) is 26.5. The van der Waals surface area contributed by atoms with Gasteiger partial charge in [-0.1, -0.05) is 66.7 Å². The van der Waals surface area contributed by atoms with Crippen LogP contribution in [0.1, 0.15) is 17.2 Å². The van der Waals surface area contributed by atoms with E-state index in [0.717, 1.165) is 16.9 Å². The Labute approximate surface area is 131 Å². The third kappa shape index (κ3) is 3.02. The van der Waals surface area contributed by atoms with Gasteiger partial charge in [-0.3, -0.25) is 0 Å². The van der Waals surface area contributed by atoms with Crippen LogP contribution in [0.15, 0.2) is 78.9 Å². The average Bonchev–Trinajstić information content (AvgIpc) is 2.62.